The van der Waals surface area contributed by atoms with E-state index >= 15 is 0 Å². The number of Topliss-reactive ketones (excluding diaryl/α,β-unsaturated/α-hetero) is 1. The SMILES string of the molecule is CC1=C(N=C=O)C(=O)C(N=C=O)CO1. The Morgan fingerprint density at radius 3 is 2.71 bits per heavy atom. The molecule has 0 aliphatic carbocycles. The normalized spacial score (nSPS) is 20.6. The van der Waals surface area contributed by atoms with Crippen LogP contribution in [-0.2, 0) is 19.1 Å². The average Bonchev–Trinajstić information content (AvgIpc) is 2.17. The van der Waals surface area contributed by atoms with E-state index in [1.165, 1.54) is 19.1 Å². The molecule has 0 fully saturated rings. The lowest BCUT2D eigenvalue weighted by Crippen LogP contribution is -2.30. The van der Waals surface area contributed by atoms with Gasteiger partial charge in [-0.05, 0) is 6.92 Å². The molecule has 72 valence electrons. The fourth-order valence-electron chi connectivity index (χ4n) is 1.02. The van der Waals surface area contributed by atoms with Crippen molar-refractivity contribution < 1.29 is 19.1 Å². The summed E-state index contributed by atoms with van der Waals surface area (Å²) in [6.07, 6.45) is 2.49. The largest absolute Gasteiger partial charge is 0.493 e. The van der Waals surface area contributed by atoms with Crippen molar-refractivity contribution in [2.75, 3.05) is 6.61 Å². The van der Waals surface area contributed by atoms with Gasteiger partial charge in [-0.1, -0.05) is 0 Å². The van der Waals surface area contributed by atoms with Crippen LogP contribution in [0.2, 0.25) is 0 Å². The summed E-state index contributed by atoms with van der Waals surface area (Å²) in [7, 11) is 0. The van der Waals surface area contributed by atoms with Gasteiger partial charge in [0, 0.05) is 0 Å². The number of rotatable bonds is 2. The Balaban J connectivity index is 3.06. The van der Waals surface area contributed by atoms with Crippen LogP contribution in [0.1, 0.15) is 6.92 Å². The highest BCUT2D eigenvalue weighted by molar-refractivity contribution is 6.01. The Labute approximate surface area is 79.0 Å². The van der Waals surface area contributed by atoms with Crippen LogP contribution in [0.3, 0.4) is 0 Å². The second-order valence-corrected chi connectivity index (χ2v) is 2.52. The topological polar surface area (TPSA) is 85.2 Å². The summed E-state index contributed by atoms with van der Waals surface area (Å²) >= 11 is 0. The Morgan fingerprint density at radius 1 is 1.43 bits per heavy atom. The van der Waals surface area contributed by atoms with Crippen molar-refractivity contribution in [1.29, 1.82) is 0 Å². The smallest absolute Gasteiger partial charge is 0.240 e. The lowest BCUT2D eigenvalue weighted by atomic mass is 10.1. The first-order chi connectivity index (χ1) is 6.70. The van der Waals surface area contributed by atoms with E-state index in [1.54, 1.807) is 0 Å². The minimum absolute atomic E-state index is 0.0300. The summed E-state index contributed by atoms with van der Waals surface area (Å²) in [6, 6.07) is -0.955. The third kappa shape index (κ3) is 1.82. The van der Waals surface area contributed by atoms with Gasteiger partial charge in [-0.15, -0.1) is 0 Å². The molecule has 0 saturated heterocycles. The van der Waals surface area contributed by atoms with Gasteiger partial charge in [0.1, 0.15) is 12.4 Å². The van der Waals surface area contributed by atoms with Gasteiger partial charge in [-0.3, -0.25) is 4.79 Å². The molecule has 0 bridgehead atoms. The van der Waals surface area contributed by atoms with Crippen LogP contribution in [-0.4, -0.2) is 30.6 Å². The molecule has 6 nitrogen and oxygen atoms in total. The highest BCUT2D eigenvalue weighted by atomic mass is 16.5. The van der Waals surface area contributed by atoms with Crippen molar-refractivity contribution in [2.24, 2.45) is 9.98 Å². The molecule has 1 aliphatic heterocycles. The monoisotopic (exact) mass is 194 g/mol. The summed E-state index contributed by atoms with van der Waals surface area (Å²) in [4.78, 5) is 37.8. The van der Waals surface area contributed by atoms with E-state index in [2.05, 4.69) is 9.98 Å². The van der Waals surface area contributed by atoms with Gasteiger partial charge in [0.2, 0.25) is 17.9 Å². The number of allylic oxidation sites excluding steroid dienone is 1. The molecular formula is C8H6N2O4. The number of ether oxygens (including phenoxy) is 1. The molecule has 1 atom stereocenters. The second kappa shape index (κ2) is 4.28. The molecule has 6 heteroatoms. The molecule has 0 aromatic rings. The second-order valence-electron chi connectivity index (χ2n) is 2.52. The van der Waals surface area contributed by atoms with Crippen LogP contribution >= 0.6 is 0 Å². The van der Waals surface area contributed by atoms with Crippen molar-refractivity contribution in [3.63, 3.8) is 0 Å². The van der Waals surface area contributed by atoms with Crippen molar-refractivity contribution in [2.45, 2.75) is 13.0 Å². The molecule has 1 rings (SSSR count). The van der Waals surface area contributed by atoms with Gasteiger partial charge in [-0.25, -0.2) is 9.59 Å². The number of carbonyl (C=O) groups excluding carboxylic acids is 3. The third-order valence-corrected chi connectivity index (χ3v) is 1.69. The van der Waals surface area contributed by atoms with E-state index in [0.29, 0.717) is 0 Å². The van der Waals surface area contributed by atoms with Gasteiger partial charge in [0.25, 0.3) is 0 Å². The standard InChI is InChI=1S/C8H6N2O4/c1-5-7(10-4-12)8(13)6(2-14-5)9-3-11/h6H,2H2,1H3. The van der Waals surface area contributed by atoms with Gasteiger partial charge in [-0.2, -0.15) is 9.98 Å². The number of isocyanates is 2. The summed E-state index contributed by atoms with van der Waals surface area (Å²) in [5.41, 5.74) is -0.143. The maximum Gasteiger partial charge on any atom is 0.240 e. The van der Waals surface area contributed by atoms with Crippen molar-refractivity contribution in [1.82, 2.24) is 0 Å². The Bertz CT molecular complexity index is 386. The minimum Gasteiger partial charge on any atom is -0.493 e. The first-order valence-electron chi connectivity index (χ1n) is 3.73. The summed E-state index contributed by atoms with van der Waals surface area (Å²) in [6.45, 7) is 1.46. The molecular weight excluding hydrogens is 188 g/mol. The Morgan fingerprint density at radius 2 is 2.14 bits per heavy atom. The molecule has 0 amide bonds. The molecule has 1 unspecified atom stereocenters. The van der Waals surface area contributed by atoms with Gasteiger partial charge in [0.15, 0.2) is 11.7 Å². The van der Waals surface area contributed by atoms with Gasteiger partial charge in [0.05, 0.1) is 0 Å². The molecule has 14 heavy (non-hydrogen) atoms. The first-order valence-corrected chi connectivity index (χ1v) is 3.73. The van der Waals surface area contributed by atoms with Gasteiger partial charge >= 0.3 is 0 Å². The molecule has 0 radical (unpaired) electrons. The van der Waals surface area contributed by atoms with E-state index < -0.39 is 11.8 Å². The zero-order valence-corrected chi connectivity index (χ0v) is 7.31. The van der Waals surface area contributed by atoms with Crippen molar-refractivity contribution in [3.05, 3.63) is 11.5 Å². The average molecular weight is 194 g/mol. The molecule has 1 aliphatic rings. The predicted molar refractivity (Wildman–Crippen MR) is 43.7 cm³/mol. The first kappa shape index (κ1) is 10.1. The fourth-order valence-corrected chi connectivity index (χ4v) is 1.02. The van der Waals surface area contributed by atoms with E-state index in [4.69, 9.17) is 4.74 Å². The zero-order chi connectivity index (χ0) is 10.6. The molecule has 1 heterocycles. The number of aliphatic imine (C=N–C) groups is 2. The van der Waals surface area contributed by atoms with E-state index in [-0.39, 0.29) is 18.1 Å². The number of ketones is 1. The highest BCUT2D eigenvalue weighted by Gasteiger charge is 2.29. The summed E-state index contributed by atoms with van der Waals surface area (Å²) < 4.78 is 4.99. The van der Waals surface area contributed by atoms with Crippen LogP contribution in [0, 0.1) is 0 Å². The van der Waals surface area contributed by atoms with Crippen molar-refractivity contribution in [3.8, 4) is 0 Å². The zero-order valence-electron chi connectivity index (χ0n) is 7.31. The highest BCUT2D eigenvalue weighted by Crippen LogP contribution is 2.18. The van der Waals surface area contributed by atoms with E-state index in [9.17, 15) is 14.4 Å². The molecule has 0 saturated carbocycles. The maximum absolute atomic E-state index is 11.4. The predicted octanol–water partition coefficient (Wildman–Crippen LogP) is -0.143. The number of nitrogens with zero attached hydrogens (tertiary/aromatic N) is 2. The number of hydrogen-bond donors (Lipinski definition) is 0. The molecule has 0 spiro atoms. The van der Waals surface area contributed by atoms with E-state index in [1.807, 2.05) is 0 Å². The van der Waals surface area contributed by atoms with Gasteiger partial charge < -0.3 is 4.74 Å². The number of carbonyl (C=O) groups is 1. The quantitative estimate of drug-likeness (QED) is 0.452. The van der Waals surface area contributed by atoms with Crippen LogP contribution in [0.4, 0.5) is 0 Å². The van der Waals surface area contributed by atoms with Crippen LogP contribution < -0.4 is 0 Å². The van der Waals surface area contributed by atoms with Crippen molar-refractivity contribution >= 4 is 17.9 Å². The summed E-state index contributed by atoms with van der Waals surface area (Å²) in [5.74, 6) is -0.295. The Hall–Kier alpha value is -2.03. The molecule has 0 aromatic heterocycles. The maximum atomic E-state index is 11.4. The lowest BCUT2D eigenvalue weighted by Gasteiger charge is -2.18. The molecule has 0 N–H and O–H groups in total. The van der Waals surface area contributed by atoms with Crippen LogP contribution in [0.5, 0.6) is 0 Å². The fraction of sp³-hybridized carbons (Fsp3) is 0.375. The van der Waals surface area contributed by atoms with E-state index in [0.717, 1.165) is 0 Å². The Kier molecular flexibility index (Phi) is 3.07. The lowest BCUT2D eigenvalue weighted by molar-refractivity contribution is -0.119. The number of hydrogen-bond acceptors (Lipinski definition) is 6. The summed E-state index contributed by atoms with van der Waals surface area (Å²) in [5, 5.41) is 0. The van der Waals surface area contributed by atoms with Crippen LogP contribution in [0.15, 0.2) is 21.4 Å². The third-order valence-electron chi connectivity index (χ3n) is 1.69. The van der Waals surface area contributed by atoms with Crippen LogP contribution in [0.25, 0.3) is 0 Å². The molecule has 0 aromatic carbocycles. The minimum atomic E-state index is -0.955.